The lowest BCUT2D eigenvalue weighted by molar-refractivity contribution is 0.0727. The zero-order valence-corrected chi connectivity index (χ0v) is 12.5. The smallest absolute Gasteiger partial charge is 0.209 e. The Kier molecular flexibility index (Phi) is 6.06. The lowest BCUT2D eigenvalue weighted by Crippen LogP contribution is -2.27. The average molecular weight is 285 g/mol. The Bertz CT molecular complexity index is 365. The van der Waals surface area contributed by atoms with Crippen molar-refractivity contribution in [2.75, 3.05) is 25.5 Å². The van der Waals surface area contributed by atoms with Gasteiger partial charge in [0.25, 0.3) is 0 Å². The van der Waals surface area contributed by atoms with Crippen LogP contribution in [0, 0.1) is 5.92 Å². The number of nitrogens with one attached hydrogen (secondary N) is 1. The molecule has 0 saturated carbocycles. The van der Waals surface area contributed by atoms with Crippen LogP contribution >= 0.6 is 11.8 Å². The molecule has 0 aliphatic carbocycles. The summed E-state index contributed by atoms with van der Waals surface area (Å²) in [5, 5.41) is 16.2. The highest BCUT2D eigenvalue weighted by Gasteiger charge is 2.16. The summed E-state index contributed by atoms with van der Waals surface area (Å²) in [5.41, 5.74) is 0. The normalized spacial score (nSPS) is 17.2. The average Bonchev–Trinajstić information content (AvgIpc) is 2.85. The van der Waals surface area contributed by atoms with Crippen molar-refractivity contribution in [2.45, 2.75) is 44.4 Å². The molecule has 1 aliphatic heterocycles. The summed E-state index contributed by atoms with van der Waals surface area (Å²) >= 11 is 1.76. The van der Waals surface area contributed by atoms with Crippen LogP contribution in [-0.2, 0) is 11.3 Å². The fraction of sp³-hybridized carbons (Fsp3) is 0.917. The maximum absolute atomic E-state index is 5.37. The van der Waals surface area contributed by atoms with E-state index in [2.05, 4.69) is 34.7 Å². The van der Waals surface area contributed by atoms with Crippen LogP contribution in [0.4, 0.5) is 0 Å². The van der Waals surface area contributed by atoms with Gasteiger partial charge in [0.2, 0.25) is 5.16 Å². The first-order valence-corrected chi connectivity index (χ1v) is 7.94. The summed E-state index contributed by atoms with van der Waals surface area (Å²) in [7, 11) is 0. The molecule has 1 fully saturated rings. The predicted octanol–water partition coefficient (Wildman–Crippen LogP) is 1.19. The Hall–Kier alpha value is -0.660. The van der Waals surface area contributed by atoms with Crippen LogP contribution in [0.5, 0.6) is 0 Å². The van der Waals surface area contributed by atoms with Crippen molar-refractivity contribution in [3.8, 4) is 0 Å². The van der Waals surface area contributed by atoms with Gasteiger partial charge in [0, 0.05) is 31.6 Å². The van der Waals surface area contributed by atoms with E-state index in [0.29, 0.717) is 6.04 Å². The Morgan fingerprint density at radius 1 is 1.42 bits per heavy atom. The zero-order chi connectivity index (χ0) is 13.5. The molecule has 0 bridgehead atoms. The maximum atomic E-state index is 5.37. The molecule has 0 unspecified atom stereocenters. The molecule has 1 saturated heterocycles. The summed E-state index contributed by atoms with van der Waals surface area (Å²) in [6, 6.07) is 0.495. The Morgan fingerprint density at radius 3 is 2.95 bits per heavy atom. The van der Waals surface area contributed by atoms with Crippen molar-refractivity contribution in [1.82, 2.24) is 25.5 Å². The second kappa shape index (κ2) is 7.81. The van der Waals surface area contributed by atoms with Gasteiger partial charge in [0.15, 0.2) is 0 Å². The molecular formula is C12H23N5OS. The highest BCUT2D eigenvalue weighted by molar-refractivity contribution is 7.99. The zero-order valence-electron chi connectivity index (χ0n) is 11.7. The van der Waals surface area contributed by atoms with Gasteiger partial charge in [-0.15, -0.1) is 5.10 Å². The number of nitrogens with zero attached hydrogens (tertiary/aromatic N) is 4. The fourth-order valence-electron chi connectivity index (χ4n) is 2.00. The van der Waals surface area contributed by atoms with Crippen LogP contribution in [0.1, 0.15) is 26.7 Å². The van der Waals surface area contributed by atoms with Crippen molar-refractivity contribution in [1.29, 1.82) is 0 Å². The Morgan fingerprint density at radius 2 is 2.21 bits per heavy atom. The van der Waals surface area contributed by atoms with Crippen LogP contribution in [0.25, 0.3) is 0 Å². The third kappa shape index (κ3) is 5.08. The summed E-state index contributed by atoms with van der Waals surface area (Å²) in [5.74, 6) is 1.82. The molecule has 0 atom stereocenters. The highest BCUT2D eigenvalue weighted by Crippen LogP contribution is 2.23. The molecule has 2 heterocycles. The van der Waals surface area contributed by atoms with Gasteiger partial charge in [-0.3, -0.25) is 0 Å². The van der Waals surface area contributed by atoms with E-state index in [1.807, 2.05) is 4.68 Å². The van der Waals surface area contributed by atoms with E-state index in [9.17, 15) is 0 Å². The lowest BCUT2D eigenvalue weighted by atomic mass is 10.0. The number of thioether (sulfide) groups is 1. The molecule has 1 aromatic rings. The number of tetrazole rings is 1. The first kappa shape index (κ1) is 14.7. The van der Waals surface area contributed by atoms with E-state index < -0.39 is 0 Å². The van der Waals surface area contributed by atoms with Gasteiger partial charge >= 0.3 is 0 Å². The van der Waals surface area contributed by atoms with Crippen LogP contribution in [0.3, 0.4) is 0 Å². The number of hydrogen-bond donors (Lipinski definition) is 1. The van der Waals surface area contributed by atoms with Crippen molar-refractivity contribution >= 4 is 11.8 Å². The second-order valence-electron chi connectivity index (χ2n) is 5.16. The third-order valence-electron chi connectivity index (χ3n) is 3.16. The Balaban J connectivity index is 1.75. The minimum absolute atomic E-state index is 0.495. The monoisotopic (exact) mass is 285 g/mol. The second-order valence-corrected chi connectivity index (χ2v) is 6.15. The lowest BCUT2D eigenvalue weighted by Gasteiger charge is -2.21. The maximum Gasteiger partial charge on any atom is 0.209 e. The van der Waals surface area contributed by atoms with Gasteiger partial charge in [0.1, 0.15) is 0 Å². The van der Waals surface area contributed by atoms with Crippen LogP contribution in [-0.4, -0.2) is 51.8 Å². The third-order valence-corrected chi connectivity index (χ3v) is 4.35. The minimum Gasteiger partial charge on any atom is -0.381 e. The SMILES string of the molecule is CC(C)NCCn1nnnc1SCC1CCOCC1. The molecular weight excluding hydrogens is 262 g/mol. The van der Waals surface area contributed by atoms with E-state index in [1.54, 1.807) is 11.8 Å². The summed E-state index contributed by atoms with van der Waals surface area (Å²) in [4.78, 5) is 0. The molecule has 7 heteroatoms. The van der Waals surface area contributed by atoms with Gasteiger partial charge in [-0.25, -0.2) is 4.68 Å². The first-order valence-electron chi connectivity index (χ1n) is 6.96. The summed E-state index contributed by atoms with van der Waals surface area (Å²) in [6.45, 7) is 7.79. The van der Waals surface area contributed by atoms with Gasteiger partial charge < -0.3 is 10.1 Å². The molecule has 1 N–H and O–H groups in total. The minimum atomic E-state index is 0.495. The van der Waals surface area contributed by atoms with E-state index in [0.717, 1.165) is 56.0 Å². The van der Waals surface area contributed by atoms with Crippen LogP contribution < -0.4 is 5.32 Å². The van der Waals surface area contributed by atoms with E-state index in [-0.39, 0.29) is 0 Å². The molecule has 1 aromatic heterocycles. The molecule has 2 rings (SSSR count). The van der Waals surface area contributed by atoms with Gasteiger partial charge in [0.05, 0.1) is 6.54 Å². The van der Waals surface area contributed by atoms with Crippen LogP contribution in [0.15, 0.2) is 5.16 Å². The quantitative estimate of drug-likeness (QED) is 0.759. The van der Waals surface area contributed by atoms with Crippen molar-refractivity contribution in [2.24, 2.45) is 5.92 Å². The molecule has 19 heavy (non-hydrogen) atoms. The van der Waals surface area contributed by atoms with Crippen molar-refractivity contribution < 1.29 is 4.74 Å². The predicted molar refractivity (Wildman–Crippen MR) is 75.2 cm³/mol. The number of rotatable bonds is 7. The Labute approximate surface area is 118 Å². The summed E-state index contributed by atoms with van der Waals surface area (Å²) in [6.07, 6.45) is 2.31. The molecule has 0 radical (unpaired) electrons. The molecule has 0 spiro atoms. The van der Waals surface area contributed by atoms with E-state index in [4.69, 9.17) is 4.74 Å². The molecule has 6 nitrogen and oxygen atoms in total. The van der Waals surface area contributed by atoms with Gasteiger partial charge in [-0.2, -0.15) is 0 Å². The van der Waals surface area contributed by atoms with Crippen LogP contribution in [0.2, 0.25) is 0 Å². The van der Waals surface area contributed by atoms with Crippen molar-refractivity contribution in [3.63, 3.8) is 0 Å². The number of aromatic nitrogens is 4. The molecule has 1 aliphatic rings. The van der Waals surface area contributed by atoms with E-state index >= 15 is 0 Å². The first-order chi connectivity index (χ1) is 9.25. The molecule has 108 valence electrons. The molecule has 0 aromatic carbocycles. The topological polar surface area (TPSA) is 64.9 Å². The van der Waals surface area contributed by atoms with Crippen molar-refractivity contribution in [3.05, 3.63) is 0 Å². The van der Waals surface area contributed by atoms with Gasteiger partial charge in [-0.05, 0) is 29.2 Å². The molecule has 0 amide bonds. The fourth-order valence-corrected chi connectivity index (χ4v) is 3.09. The number of ether oxygens (including phenoxy) is 1. The highest BCUT2D eigenvalue weighted by atomic mass is 32.2. The van der Waals surface area contributed by atoms with E-state index in [1.165, 1.54) is 0 Å². The largest absolute Gasteiger partial charge is 0.381 e. The summed E-state index contributed by atoms with van der Waals surface area (Å²) < 4.78 is 7.26. The standard InChI is InChI=1S/C12H23N5OS/c1-10(2)13-5-6-17-12(14-15-16-17)19-9-11-3-7-18-8-4-11/h10-11,13H,3-9H2,1-2H3. The number of hydrogen-bond acceptors (Lipinski definition) is 6. The van der Waals surface area contributed by atoms with Gasteiger partial charge in [-0.1, -0.05) is 25.6 Å².